The number of thiazole rings is 1. The van der Waals surface area contributed by atoms with E-state index in [1.54, 1.807) is 22.9 Å². The summed E-state index contributed by atoms with van der Waals surface area (Å²) in [6.45, 7) is 0.634. The fourth-order valence-electron chi connectivity index (χ4n) is 2.10. The maximum Gasteiger partial charge on any atom is 0.144 e. The molecule has 3 nitrogen and oxygen atoms in total. The van der Waals surface area contributed by atoms with Gasteiger partial charge in [-0.1, -0.05) is 11.6 Å². The molecule has 0 atom stereocenters. The molecule has 0 aliphatic rings. The van der Waals surface area contributed by atoms with Crippen LogP contribution in [0.2, 0.25) is 5.02 Å². The molecule has 3 aromatic rings. The Kier molecular flexibility index (Phi) is 3.92. The number of rotatable bonds is 4. The molecule has 0 N–H and O–H groups in total. The van der Waals surface area contributed by atoms with Crippen molar-refractivity contribution in [2.75, 3.05) is 5.88 Å². The third kappa shape index (κ3) is 2.53. The van der Waals surface area contributed by atoms with Gasteiger partial charge in [0.05, 0.1) is 28.1 Å². The number of hydrogen-bond donors (Lipinski definition) is 0. The molecule has 0 radical (unpaired) electrons. The molecular weight excluding hydrogens is 320 g/mol. The van der Waals surface area contributed by atoms with Crippen LogP contribution in [0.5, 0.6) is 0 Å². The quantitative estimate of drug-likeness (QED) is 0.674. The van der Waals surface area contributed by atoms with Gasteiger partial charge in [0.15, 0.2) is 0 Å². The van der Waals surface area contributed by atoms with Crippen molar-refractivity contribution in [2.24, 2.45) is 0 Å². The van der Waals surface area contributed by atoms with Crippen LogP contribution in [0.1, 0.15) is 10.7 Å². The molecule has 1 aromatic carbocycles. The van der Waals surface area contributed by atoms with Gasteiger partial charge in [0.2, 0.25) is 0 Å². The maximum atomic E-state index is 13.5. The van der Waals surface area contributed by atoms with Crippen molar-refractivity contribution in [3.63, 3.8) is 0 Å². The van der Waals surface area contributed by atoms with Crippen molar-refractivity contribution in [2.45, 2.75) is 13.0 Å². The van der Waals surface area contributed by atoms with E-state index >= 15 is 0 Å². The van der Waals surface area contributed by atoms with Gasteiger partial charge in [0.1, 0.15) is 11.6 Å². The first-order valence-corrected chi connectivity index (χ1v) is 7.75. The molecule has 0 amide bonds. The summed E-state index contributed by atoms with van der Waals surface area (Å²) in [4.78, 5) is 9.61. The Morgan fingerprint density at radius 2 is 2.20 bits per heavy atom. The van der Waals surface area contributed by atoms with E-state index in [9.17, 15) is 4.39 Å². The summed E-state index contributed by atoms with van der Waals surface area (Å²) in [5, 5.41) is 0.0976. The first kappa shape index (κ1) is 13.8. The Labute approximate surface area is 129 Å². The molecular formula is C13H10Cl2FN3S. The van der Waals surface area contributed by atoms with Gasteiger partial charge in [-0.05, 0) is 6.07 Å². The normalized spacial score (nSPS) is 11.3. The molecule has 0 fully saturated rings. The number of aromatic nitrogens is 3. The van der Waals surface area contributed by atoms with Gasteiger partial charge >= 0.3 is 0 Å². The molecule has 20 heavy (non-hydrogen) atoms. The van der Waals surface area contributed by atoms with E-state index in [4.69, 9.17) is 23.2 Å². The second-order valence-electron chi connectivity index (χ2n) is 4.28. The van der Waals surface area contributed by atoms with Crippen molar-refractivity contribution in [1.29, 1.82) is 0 Å². The molecule has 0 saturated carbocycles. The number of alkyl halides is 1. The van der Waals surface area contributed by atoms with Crippen molar-refractivity contribution in [3.05, 3.63) is 45.4 Å². The molecule has 0 aliphatic carbocycles. The molecule has 2 heterocycles. The zero-order chi connectivity index (χ0) is 14.1. The highest BCUT2D eigenvalue weighted by molar-refractivity contribution is 7.09. The lowest BCUT2D eigenvalue weighted by molar-refractivity contribution is 0.629. The number of fused-ring (bicyclic) bond motifs is 1. The molecule has 0 aliphatic heterocycles. The largest absolute Gasteiger partial charge is 0.323 e. The van der Waals surface area contributed by atoms with E-state index in [0.29, 0.717) is 24.4 Å². The molecule has 7 heteroatoms. The van der Waals surface area contributed by atoms with Gasteiger partial charge in [-0.3, -0.25) is 4.98 Å². The Bertz CT molecular complexity index is 740. The zero-order valence-electron chi connectivity index (χ0n) is 10.3. The maximum absolute atomic E-state index is 13.5. The summed E-state index contributed by atoms with van der Waals surface area (Å²) >= 11 is 13.3. The van der Waals surface area contributed by atoms with Crippen molar-refractivity contribution < 1.29 is 4.39 Å². The van der Waals surface area contributed by atoms with Crippen molar-refractivity contribution in [3.8, 4) is 0 Å². The van der Waals surface area contributed by atoms with E-state index in [2.05, 4.69) is 9.97 Å². The first-order valence-electron chi connectivity index (χ1n) is 5.96. The van der Waals surface area contributed by atoms with E-state index < -0.39 is 5.82 Å². The average molecular weight is 330 g/mol. The summed E-state index contributed by atoms with van der Waals surface area (Å²) in [7, 11) is 0. The lowest BCUT2D eigenvalue weighted by Gasteiger charge is -2.07. The van der Waals surface area contributed by atoms with Gasteiger partial charge in [-0.25, -0.2) is 9.37 Å². The monoisotopic (exact) mass is 329 g/mol. The zero-order valence-corrected chi connectivity index (χ0v) is 12.6. The highest BCUT2D eigenvalue weighted by Gasteiger charge is 2.14. The van der Waals surface area contributed by atoms with Gasteiger partial charge in [0.25, 0.3) is 0 Å². The van der Waals surface area contributed by atoms with Gasteiger partial charge in [-0.15, -0.1) is 22.9 Å². The summed E-state index contributed by atoms with van der Waals surface area (Å²) in [6, 6.07) is 2.97. The number of aryl methyl sites for hydroxylation is 1. The van der Waals surface area contributed by atoms with E-state index in [1.807, 2.05) is 10.8 Å². The number of benzene rings is 1. The fourth-order valence-corrected chi connectivity index (χ4v) is 3.01. The van der Waals surface area contributed by atoms with Crippen LogP contribution in [0, 0.1) is 5.82 Å². The highest BCUT2D eigenvalue weighted by Crippen LogP contribution is 2.25. The van der Waals surface area contributed by atoms with Gasteiger partial charge < -0.3 is 4.57 Å². The molecule has 0 saturated heterocycles. The third-order valence-electron chi connectivity index (χ3n) is 2.98. The summed E-state index contributed by atoms with van der Waals surface area (Å²) in [6.07, 6.45) is 2.43. The number of halogens is 3. The molecule has 104 valence electrons. The minimum absolute atomic E-state index is 0.0976. The van der Waals surface area contributed by atoms with E-state index in [0.717, 1.165) is 16.2 Å². The van der Waals surface area contributed by atoms with Crippen LogP contribution in [-0.4, -0.2) is 20.4 Å². The van der Waals surface area contributed by atoms with Crippen LogP contribution in [0.4, 0.5) is 4.39 Å². The minimum Gasteiger partial charge on any atom is -0.323 e. The van der Waals surface area contributed by atoms with Crippen LogP contribution in [0.15, 0.2) is 23.8 Å². The summed E-state index contributed by atoms with van der Waals surface area (Å²) in [5.41, 5.74) is 3.18. The molecule has 2 aromatic heterocycles. The van der Waals surface area contributed by atoms with Crippen molar-refractivity contribution in [1.82, 2.24) is 14.5 Å². The smallest absolute Gasteiger partial charge is 0.144 e. The summed E-state index contributed by atoms with van der Waals surface area (Å²) < 4.78 is 15.5. The van der Waals surface area contributed by atoms with Gasteiger partial charge in [-0.2, -0.15) is 0 Å². The second-order valence-corrected chi connectivity index (χ2v) is 6.03. The van der Waals surface area contributed by atoms with Crippen LogP contribution in [0.3, 0.4) is 0 Å². The molecule has 0 spiro atoms. The number of hydrogen-bond acceptors (Lipinski definition) is 3. The number of imidazole rings is 1. The van der Waals surface area contributed by atoms with Crippen LogP contribution >= 0.6 is 34.5 Å². The lowest BCUT2D eigenvalue weighted by Crippen LogP contribution is -2.05. The molecule has 0 unspecified atom stereocenters. The van der Waals surface area contributed by atoms with E-state index in [-0.39, 0.29) is 5.02 Å². The predicted molar refractivity (Wildman–Crippen MR) is 80.3 cm³/mol. The van der Waals surface area contributed by atoms with Crippen molar-refractivity contribution >= 4 is 45.6 Å². The Morgan fingerprint density at radius 1 is 1.35 bits per heavy atom. The number of nitrogens with zero attached hydrogens (tertiary/aromatic N) is 3. The average Bonchev–Trinajstić information content (AvgIpc) is 3.02. The Balaban J connectivity index is 2.15. The predicted octanol–water partition coefficient (Wildman–Crippen LogP) is 4.11. The highest BCUT2D eigenvalue weighted by atomic mass is 35.5. The lowest BCUT2D eigenvalue weighted by atomic mass is 10.3. The third-order valence-corrected chi connectivity index (χ3v) is 4.23. The van der Waals surface area contributed by atoms with E-state index in [1.165, 1.54) is 6.07 Å². The van der Waals surface area contributed by atoms with Gasteiger partial charge in [0, 0.05) is 29.4 Å². The first-order chi connectivity index (χ1) is 9.69. The minimum atomic E-state index is -0.459. The standard InChI is InChI=1S/C13H10Cl2FN3S/c14-2-1-13-18-11-4-10(16)9(15)3-12(11)19(13)6-8-5-17-7-20-8/h3-5,7H,1-2,6H2. The molecule has 0 bridgehead atoms. The topological polar surface area (TPSA) is 30.7 Å². The molecule has 3 rings (SSSR count). The van der Waals surface area contributed by atoms with Crippen LogP contribution in [0.25, 0.3) is 11.0 Å². The summed E-state index contributed by atoms with van der Waals surface area (Å²) in [5.74, 6) is 0.825. The fraction of sp³-hybridized carbons (Fsp3) is 0.231. The Morgan fingerprint density at radius 3 is 2.90 bits per heavy atom. The van der Waals surface area contributed by atoms with Crippen LogP contribution < -0.4 is 0 Å². The Hall–Kier alpha value is -1.17. The van der Waals surface area contributed by atoms with Crippen LogP contribution in [-0.2, 0) is 13.0 Å². The SMILES string of the molecule is Fc1cc2nc(CCCl)n(Cc3cncs3)c2cc1Cl. The second kappa shape index (κ2) is 5.68.